The zero-order valence-corrected chi connectivity index (χ0v) is 11.2. The molecular formula is C15H12ClFN2O. The predicted octanol–water partition coefficient (Wildman–Crippen LogP) is 3.11. The summed E-state index contributed by atoms with van der Waals surface area (Å²) in [7, 11) is 0. The second-order valence-electron chi connectivity index (χ2n) is 4.62. The van der Waals surface area contributed by atoms with Crippen molar-refractivity contribution in [3.63, 3.8) is 0 Å². The Labute approximate surface area is 120 Å². The Hall–Kier alpha value is -1.91. The van der Waals surface area contributed by atoms with Gasteiger partial charge in [0.2, 0.25) is 5.91 Å². The van der Waals surface area contributed by atoms with E-state index in [1.54, 1.807) is 36.4 Å². The van der Waals surface area contributed by atoms with Gasteiger partial charge in [-0.15, -0.1) is 0 Å². The first-order chi connectivity index (χ1) is 9.65. The Kier molecular flexibility index (Phi) is 3.42. The molecule has 0 saturated heterocycles. The van der Waals surface area contributed by atoms with Crippen LogP contribution in [0.25, 0.3) is 0 Å². The molecule has 0 spiro atoms. The molecule has 1 aliphatic rings. The van der Waals surface area contributed by atoms with Gasteiger partial charge in [-0.3, -0.25) is 10.1 Å². The fourth-order valence-electron chi connectivity index (χ4n) is 2.37. The number of anilines is 1. The highest BCUT2D eigenvalue weighted by Crippen LogP contribution is 2.33. The van der Waals surface area contributed by atoms with Crippen LogP contribution in [0.15, 0.2) is 42.5 Å². The minimum atomic E-state index is -0.413. The number of benzene rings is 2. The number of carbonyl (C=O) groups excluding carboxylic acids is 1. The van der Waals surface area contributed by atoms with Crippen molar-refractivity contribution in [1.29, 1.82) is 0 Å². The standard InChI is InChI=1S/C15H12ClFN2O/c16-9-5-6-13-11(7-9)15(18-8-14(20)19-13)10-3-1-2-4-12(10)17/h1-7,15,18H,8H2,(H,19,20)/t15-/m1/s1. The van der Waals surface area contributed by atoms with E-state index in [0.29, 0.717) is 16.3 Å². The van der Waals surface area contributed by atoms with E-state index in [1.165, 1.54) is 6.07 Å². The van der Waals surface area contributed by atoms with Gasteiger partial charge >= 0.3 is 0 Å². The number of nitrogens with one attached hydrogen (secondary N) is 2. The Bertz CT molecular complexity index is 675. The van der Waals surface area contributed by atoms with Crippen LogP contribution in [0.4, 0.5) is 10.1 Å². The third-order valence-corrected chi connectivity index (χ3v) is 3.52. The highest BCUT2D eigenvalue weighted by molar-refractivity contribution is 6.30. The summed E-state index contributed by atoms with van der Waals surface area (Å²) in [6.45, 7) is 0.116. The van der Waals surface area contributed by atoms with Crippen molar-refractivity contribution in [2.24, 2.45) is 0 Å². The molecule has 3 rings (SSSR count). The van der Waals surface area contributed by atoms with Gasteiger partial charge in [0.1, 0.15) is 5.82 Å². The summed E-state index contributed by atoms with van der Waals surface area (Å²) in [5, 5.41) is 6.39. The van der Waals surface area contributed by atoms with E-state index in [1.807, 2.05) is 0 Å². The molecule has 5 heteroatoms. The maximum absolute atomic E-state index is 14.0. The SMILES string of the molecule is O=C1CN[C@H](c2ccccc2F)c2cc(Cl)ccc2N1. The molecule has 1 heterocycles. The molecule has 2 N–H and O–H groups in total. The fourth-order valence-corrected chi connectivity index (χ4v) is 2.55. The largest absolute Gasteiger partial charge is 0.325 e. The third kappa shape index (κ3) is 2.40. The van der Waals surface area contributed by atoms with Crippen molar-refractivity contribution in [2.45, 2.75) is 6.04 Å². The maximum atomic E-state index is 14.0. The molecule has 102 valence electrons. The number of fused-ring (bicyclic) bond motifs is 1. The molecule has 0 bridgehead atoms. The maximum Gasteiger partial charge on any atom is 0.238 e. The quantitative estimate of drug-likeness (QED) is 0.847. The summed E-state index contributed by atoms with van der Waals surface area (Å²) in [5.74, 6) is -0.474. The molecule has 20 heavy (non-hydrogen) atoms. The van der Waals surface area contributed by atoms with Gasteiger partial charge in [0.05, 0.1) is 12.6 Å². The van der Waals surface area contributed by atoms with Crippen LogP contribution in [0, 0.1) is 5.82 Å². The summed E-state index contributed by atoms with van der Waals surface area (Å²) in [5.41, 5.74) is 1.90. The lowest BCUT2D eigenvalue weighted by Crippen LogP contribution is -2.28. The summed E-state index contributed by atoms with van der Waals surface area (Å²) in [6, 6.07) is 11.3. The highest BCUT2D eigenvalue weighted by atomic mass is 35.5. The van der Waals surface area contributed by atoms with Gasteiger partial charge in [0.15, 0.2) is 0 Å². The average Bonchev–Trinajstić information content (AvgIpc) is 2.58. The van der Waals surface area contributed by atoms with Crippen LogP contribution < -0.4 is 10.6 Å². The predicted molar refractivity (Wildman–Crippen MR) is 76.3 cm³/mol. The Morgan fingerprint density at radius 2 is 1.95 bits per heavy atom. The number of carbonyl (C=O) groups is 1. The first-order valence-electron chi connectivity index (χ1n) is 6.22. The Balaban J connectivity index is 2.15. The van der Waals surface area contributed by atoms with E-state index in [9.17, 15) is 9.18 Å². The molecule has 0 saturated carbocycles. The van der Waals surface area contributed by atoms with Crippen LogP contribution in [0.3, 0.4) is 0 Å². The van der Waals surface area contributed by atoms with Crippen LogP contribution in [0.1, 0.15) is 17.2 Å². The summed E-state index contributed by atoms with van der Waals surface area (Å²) >= 11 is 6.02. The van der Waals surface area contributed by atoms with E-state index in [4.69, 9.17) is 11.6 Å². The van der Waals surface area contributed by atoms with E-state index >= 15 is 0 Å². The molecule has 0 radical (unpaired) electrons. The van der Waals surface area contributed by atoms with E-state index in [-0.39, 0.29) is 18.3 Å². The van der Waals surface area contributed by atoms with Gasteiger partial charge in [-0.1, -0.05) is 29.8 Å². The van der Waals surface area contributed by atoms with Crippen LogP contribution >= 0.6 is 11.6 Å². The van der Waals surface area contributed by atoms with Gasteiger partial charge < -0.3 is 5.32 Å². The lowest BCUT2D eigenvalue weighted by molar-refractivity contribution is -0.115. The van der Waals surface area contributed by atoms with Crippen LogP contribution in [-0.4, -0.2) is 12.5 Å². The van der Waals surface area contributed by atoms with Gasteiger partial charge in [0, 0.05) is 16.3 Å². The summed E-state index contributed by atoms with van der Waals surface area (Å²) < 4.78 is 14.0. The average molecular weight is 291 g/mol. The molecule has 1 atom stereocenters. The highest BCUT2D eigenvalue weighted by Gasteiger charge is 2.24. The van der Waals surface area contributed by atoms with E-state index < -0.39 is 6.04 Å². The van der Waals surface area contributed by atoms with Crippen molar-refractivity contribution in [3.05, 3.63) is 64.4 Å². The zero-order chi connectivity index (χ0) is 14.1. The second kappa shape index (κ2) is 5.23. The van der Waals surface area contributed by atoms with Gasteiger partial charge in [-0.05, 0) is 29.8 Å². The minimum Gasteiger partial charge on any atom is -0.325 e. The Morgan fingerprint density at radius 1 is 1.15 bits per heavy atom. The fraction of sp³-hybridized carbons (Fsp3) is 0.133. The Morgan fingerprint density at radius 3 is 2.75 bits per heavy atom. The number of hydrogen-bond acceptors (Lipinski definition) is 2. The molecule has 2 aromatic rings. The molecule has 0 aromatic heterocycles. The van der Waals surface area contributed by atoms with E-state index in [0.717, 1.165) is 5.56 Å². The lowest BCUT2D eigenvalue weighted by atomic mass is 9.97. The molecule has 2 aromatic carbocycles. The van der Waals surface area contributed by atoms with Gasteiger partial charge in [-0.25, -0.2) is 4.39 Å². The molecular weight excluding hydrogens is 279 g/mol. The number of hydrogen-bond donors (Lipinski definition) is 2. The molecule has 1 amide bonds. The van der Waals surface area contributed by atoms with Crippen molar-refractivity contribution in [1.82, 2.24) is 5.32 Å². The molecule has 0 fully saturated rings. The van der Waals surface area contributed by atoms with E-state index in [2.05, 4.69) is 10.6 Å². The second-order valence-corrected chi connectivity index (χ2v) is 5.05. The molecule has 1 aliphatic heterocycles. The van der Waals surface area contributed by atoms with Crippen molar-refractivity contribution in [3.8, 4) is 0 Å². The molecule has 3 nitrogen and oxygen atoms in total. The van der Waals surface area contributed by atoms with Crippen molar-refractivity contribution in [2.75, 3.05) is 11.9 Å². The number of amides is 1. The topological polar surface area (TPSA) is 41.1 Å². The van der Waals surface area contributed by atoms with Crippen LogP contribution in [0.5, 0.6) is 0 Å². The number of rotatable bonds is 1. The zero-order valence-electron chi connectivity index (χ0n) is 10.5. The molecule has 0 unspecified atom stereocenters. The lowest BCUT2D eigenvalue weighted by Gasteiger charge is -2.19. The third-order valence-electron chi connectivity index (χ3n) is 3.28. The minimum absolute atomic E-state index is 0.116. The summed E-state index contributed by atoms with van der Waals surface area (Å²) in [6.07, 6.45) is 0. The van der Waals surface area contributed by atoms with Gasteiger partial charge in [-0.2, -0.15) is 0 Å². The van der Waals surface area contributed by atoms with Crippen LogP contribution in [0.2, 0.25) is 5.02 Å². The van der Waals surface area contributed by atoms with Crippen LogP contribution in [-0.2, 0) is 4.79 Å². The number of halogens is 2. The summed E-state index contributed by atoms with van der Waals surface area (Å²) in [4.78, 5) is 11.7. The molecule has 0 aliphatic carbocycles. The monoisotopic (exact) mass is 290 g/mol. The smallest absolute Gasteiger partial charge is 0.238 e. The first kappa shape index (κ1) is 13.1. The van der Waals surface area contributed by atoms with Gasteiger partial charge in [0.25, 0.3) is 0 Å². The van der Waals surface area contributed by atoms with Crippen molar-refractivity contribution < 1.29 is 9.18 Å². The van der Waals surface area contributed by atoms with Crippen molar-refractivity contribution >= 4 is 23.2 Å². The normalized spacial score (nSPS) is 18.1. The first-order valence-corrected chi connectivity index (χ1v) is 6.60.